The standard InChI is InChI=1S/C19H17ClFN3O3/c20-15-11-13(7-8-16(15)21)23-19(27)18(26)22-12-4-3-5-14(10-12)24-9-2-1-6-17(24)25/h3-5,7-8,10-11H,1-2,6,9H2,(H,22,26)(H,23,27). The van der Waals surface area contributed by atoms with Gasteiger partial charge in [0.05, 0.1) is 5.02 Å². The number of nitrogens with one attached hydrogen (secondary N) is 2. The van der Waals surface area contributed by atoms with E-state index in [1.54, 1.807) is 29.2 Å². The number of carbonyl (C=O) groups excluding carboxylic acids is 3. The van der Waals surface area contributed by atoms with Crippen molar-refractivity contribution < 1.29 is 18.8 Å². The molecule has 1 saturated heterocycles. The molecule has 140 valence electrons. The SMILES string of the molecule is O=C(Nc1cccc(N2CCCCC2=O)c1)C(=O)Nc1ccc(F)c(Cl)c1. The second-order valence-electron chi connectivity index (χ2n) is 6.09. The van der Waals surface area contributed by atoms with E-state index in [-0.39, 0.29) is 16.6 Å². The quantitative estimate of drug-likeness (QED) is 0.787. The van der Waals surface area contributed by atoms with Crippen LogP contribution in [0.25, 0.3) is 0 Å². The lowest BCUT2D eigenvalue weighted by Gasteiger charge is -2.27. The van der Waals surface area contributed by atoms with Crippen molar-refractivity contribution in [2.45, 2.75) is 19.3 Å². The van der Waals surface area contributed by atoms with Crippen molar-refractivity contribution in [1.29, 1.82) is 0 Å². The van der Waals surface area contributed by atoms with Crippen LogP contribution >= 0.6 is 11.6 Å². The molecule has 0 aromatic heterocycles. The highest BCUT2D eigenvalue weighted by Gasteiger charge is 2.20. The van der Waals surface area contributed by atoms with E-state index in [4.69, 9.17) is 11.6 Å². The van der Waals surface area contributed by atoms with Crippen LogP contribution in [0.4, 0.5) is 21.5 Å². The van der Waals surface area contributed by atoms with Gasteiger partial charge in [0, 0.05) is 30.0 Å². The molecule has 0 saturated carbocycles. The third-order valence-electron chi connectivity index (χ3n) is 4.12. The number of carbonyl (C=O) groups is 3. The molecule has 0 unspecified atom stereocenters. The van der Waals surface area contributed by atoms with Crippen LogP contribution in [-0.2, 0) is 14.4 Å². The van der Waals surface area contributed by atoms with Gasteiger partial charge in [-0.3, -0.25) is 14.4 Å². The van der Waals surface area contributed by atoms with Crippen molar-refractivity contribution >= 4 is 46.4 Å². The zero-order valence-corrected chi connectivity index (χ0v) is 15.1. The van der Waals surface area contributed by atoms with E-state index in [0.717, 1.165) is 18.9 Å². The van der Waals surface area contributed by atoms with E-state index in [9.17, 15) is 18.8 Å². The smallest absolute Gasteiger partial charge is 0.314 e. The van der Waals surface area contributed by atoms with Gasteiger partial charge in [-0.25, -0.2) is 4.39 Å². The lowest BCUT2D eigenvalue weighted by Crippen LogP contribution is -2.35. The van der Waals surface area contributed by atoms with Crippen molar-refractivity contribution in [3.05, 3.63) is 53.3 Å². The minimum absolute atomic E-state index is 0.0376. The topological polar surface area (TPSA) is 78.5 Å². The number of halogens is 2. The van der Waals surface area contributed by atoms with Gasteiger partial charge in [-0.1, -0.05) is 17.7 Å². The number of anilines is 3. The highest BCUT2D eigenvalue weighted by Crippen LogP contribution is 2.24. The zero-order chi connectivity index (χ0) is 19.4. The number of piperidine rings is 1. The van der Waals surface area contributed by atoms with Crippen molar-refractivity contribution in [3.63, 3.8) is 0 Å². The Labute approximate surface area is 160 Å². The fourth-order valence-corrected chi connectivity index (χ4v) is 2.96. The summed E-state index contributed by atoms with van der Waals surface area (Å²) in [6.07, 6.45) is 2.30. The summed E-state index contributed by atoms with van der Waals surface area (Å²) in [5, 5.41) is 4.67. The first-order valence-electron chi connectivity index (χ1n) is 8.42. The van der Waals surface area contributed by atoms with E-state index in [2.05, 4.69) is 10.6 Å². The Balaban J connectivity index is 1.66. The summed E-state index contributed by atoms with van der Waals surface area (Å²) in [4.78, 5) is 37.8. The molecule has 1 aliphatic rings. The average molecular weight is 390 g/mol. The molecule has 0 radical (unpaired) electrons. The summed E-state index contributed by atoms with van der Waals surface area (Å²) in [5.41, 5.74) is 1.26. The number of rotatable bonds is 3. The maximum absolute atomic E-state index is 13.1. The molecule has 0 bridgehead atoms. The minimum atomic E-state index is -0.919. The molecule has 1 aliphatic heterocycles. The van der Waals surface area contributed by atoms with E-state index in [1.807, 2.05) is 0 Å². The van der Waals surface area contributed by atoms with Crippen LogP contribution < -0.4 is 15.5 Å². The number of benzene rings is 2. The number of hydrogen-bond acceptors (Lipinski definition) is 3. The molecular formula is C19H17ClFN3O3. The van der Waals surface area contributed by atoms with Gasteiger partial charge in [-0.15, -0.1) is 0 Å². The van der Waals surface area contributed by atoms with Gasteiger partial charge in [0.1, 0.15) is 5.82 Å². The molecule has 3 amide bonds. The number of nitrogens with zero attached hydrogens (tertiary/aromatic N) is 1. The largest absolute Gasteiger partial charge is 0.318 e. The summed E-state index contributed by atoms with van der Waals surface area (Å²) in [5.74, 6) is -2.39. The van der Waals surface area contributed by atoms with Gasteiger partial charge in [0.2, 0.25) is 5.91 Å². The van der Waals surface area contributed by atoms with Crippen molar-refractivity contribution in [1.82, 2.24) is 0 Å². The van der Waals surface area contributed by atoms with Gasteiger partial charge in [0.15, 0.2) is 0 Å². The van der Waals surface area contributed by atoms with Crippen LogP contribution in [0.1, 0.15) is 19.3 Å². The van der Waals surface area contributed by atoms with E-state index >= 15 is 0 Å². The van der Waals surface area contributed by atoms with E-state index < -0.39 is 17.6 Å². The molecule has 3 rings (SSSR count). The maximum Gasteiger partial charge on any atom is 0.314 e. The third-order valence-corrected chi connectivity index (χ3v) is 4.41. The molecule has 27 heavy (non-hydrogen) atoms. The normalized spacial score (nSPS) is 14.0. The third kappa shape index (κ3) is 4.62. The second-order valence-corrected chi connectivity index (χ2v) is 6.50. The van der Waals surface area contributed by atoms with Crippen LogP contribution in [0.15, 0.2) is 42.5 Å². The average Bonchev–Trinajstić information content (AvgIpc) is 2.65. The molecule has 0 spiro atoms. The predicted octanol–water partition coefficient (Wildman–Crippen LogP) is 3.57. The first kappa shape index (κ1) is 18.8. The van der Waals surface area contributed by atoms with Gasteiger partial charge < -0.3 is 15.5 Å². The second kappa shape index (κ2) is 8.18. The summed E-state index contributed by atoms with van der Waals surface area (Å²) in [7, 11) is 0. The Morgan fingerprint density at radius 3 is 2.37 bits per heavy atom. The summed E-state index contributed by atoms with van der Waals surface area (Å²) in [6, 6.07) is 10.3. The first-order chi connectivity index (χ1) is 12.9. The molecule has 2 N–H and O–H groups in total. The highest BCUT2D eigenvalue weighted by atomic mass is 35.5. The Bertz CT molecular complexity index is 904. The Morgan fingerprint density at radius 1 is 1.00 bits per heavy atom. The van der Waals surface area contributed by atoms with E-state index in [1.165, 1.54) is 12.1 Å². The van der Waals surface area contributed by atoms with Crippen molar-refractivity contribution in [3.8, 4) is 0 Å². The minimum Gasteiger partial charge on any atom is -0.318 e. The van der Waals surface area contributed by atoms with Gasteiger partial charge in [0.25, 0.3) is 0 Å². The molecule has 2 aromatic rings. The fraction of sp³-hybridized carbons (Fsp3) is 0.211. The molecule has 2 aromatic carbocycles. The molecule has 0 aliphatic carbocycles. The van der Waals surface area contributed by atoms with Crippen LogP contribution in [0, 0.1) is 5.82 Å². The molecule has 1 heterocycles. The van der Waals surface area contributed by atoms with Gasteiger partial charge in [-0.05, 0) is 49.2 Å². The van der Waals surface area contributed by atoms with Crippen LogP contribution in [0.3, 0.4) is 0 Å². The van der Waals surface area contributed by atoms with Gasteiger partial charge in [-0.2, -0.15) is 0 Å². The Kier molecular flexibility index (Phi) is 5.71. The van der Waals surface area contributed by atoms with Crippen LogP contribution in [-0.4, -0.2) is 24.3 Å². The van der Waals surface area contributed by atoms with Gasteiger partial charge >= 0.3 is 11.8 Å². The molecule has 1 fully saturated rings. The van der Waals surface area contributed by atoms with Crippen molar-refractivity contribution in [2.75, 3.05) is 22.1 Å². The maximum atomic E-state index is 13.1. The lowest BCUT2D eigenvalue weighted by atomic mass is 10.1. The monoisotopic (exact) mass is 389 g/mol. The summed E-state index contributed by atoms with van der Waals surface area (Å²) >= 11 is 5.65. The fourth-order valence-electron chi connectivity index (χ4n) is 2.78. The lowest BCUT2D eigenvalue weighted by molar-refractivity contribution is -0.132. The summed E-state index contributed by atoms with van der Waals surface area (Å²) < 4.78 is 13.1. The Morgan fingerprint density at radius 2 is 1.70 bits per heavy atom. The first-order valence-corrected chi connectivity index (χ1v) is 8.79. The zero-order valence-electron chi connectivity index (χ0n) is 14.3. The number of amides is 3. The predicted molar refractivity (Wildman–Crippen MR) is 101 cm³/mol. The molecule has 0 atom stereocenters. The number of hydrogen-bond donors (Lipinski definition) is 2. The van der Waals surface area contributed by atoms with Crippen LogP contribution in [0.2, 0.25) is 5.02 Å². The Hall–Kier alpha value is -2.93. The van der Waals surface area contributed by atoms with Crippen molar-refractivity contribution in [2.24, 2.45) is 0 Å². The molecular weight excluding hydrogens is 373 g/mol. The summed E-state index contributed by atoms with van der Waals surface area (Å²) in [6.45, 7) is 0.627. The molecule has 8 heteroatoms. The highest BCUT2D eigenvalue weighted by molar-refractivity contribution is 6.43. The molecule has 6 nitrogen and oxygen atoms in total. The van der Waals surface area contributed by atoms with Crippen LogP contribution in [0.5, 0.6) is 0 Å². The van der Waals surface area contributed by atoms with E-state index in [0.29, 0.717) is 24.3 Å².